The molecule has 114 valence electrons. The van der Waals surface area contributed by atoms with E-state index in [4.69, 9.17) is 28.9 Å². The van der Waals surface area contributed by atoms with Crippen LogP contribution in [0.5, 0.6) is 0 Å². The molecule has 22 heavy (non-hydrogen) atoms. The van der Waals surface area contributed by atoms with Crippen molar-refractivity contribution in [2.45, 2.75) is 24.4 Å². The van der Waals surface area contributed by atoms with Crippen LogP contribution in [-0.2, 0) is 10.4 Å². The molecule has 1 amide bonds. The van der Waals surface area contributed by atoms with Gasteiger partial charge in [-0.05, 0) is 42.0 Å². The standard InChI is InChI=1S/C17H15Cl2NO2/c18-12-8-13(10-6-7-10)15(14(19)9-12)17(22,16(20)21)11-4-2-1-3-5-11/h1-5,8-10,22H,6-7H2,(H2,20,21). The van der Waals surface area contributed by atoms with Crippen LogP contribution >= 0.6 is 23.2 Å². The minimum Gasteiger partial charge on any atom is -0.372 e. The maximum atomic E-state index is 12.1. The van der Waals surface area contributed by atoms with Crippen LogP contribution in [0.25, 0.3) is 0 Å². The molecule has 0 radical (unpaired) electrons. The fourth-order valence-corrected chi connectivity index (χ4v) is 3.43. The molecule has 2 aromatic rings. The first-order valence-corrected chi connectivity index (χ1v) is 7.77. The van der Waals surface area contributed by atoms with Crippen molar-refractivity contribution in [1.82, 2.24) is 0 Å². The van der Waals surface area contributed by atoms with Crippen LogP contribution in [0.3, 0.4) is 0 Å². The Morgan fingerprint density at radius 2 is 1.82 bits per heavy atom. The Hall–Kier alpha value is -1.55. The Bertz CT molecular complexity index is 729. The number of halogens is 2. The smallest absolute Gasteiger partial charge is 0.258 e. The fraction of sp³-hybridized carbons (Fsp3) is 0.235. The number of hydrogen-bond acceptors (Lipinski definition) is 2. The average Bonchev–Trinajstić information content (AvgIpc) is 3.31. The predicted octanol–water partition coefficient (Wildman–Crippen LogP) is 3.59. The van der Waals surface area contributed by atoms with Gasteiger partial charge in [-0.3, -0.25) is 4.79 Å². The highest BCUT2D eigenvalue weighted by atomic mass is 35.5. The lowest BCUT2D eigenvalue weighted by atomic mass is 9.82. The second-order valence-corrected chi connectivity index (χ2v) is 6.41. The highest BCUT2D eigenvalue weighted by Crippen LogP contribution is 2.48. The van der Waals surface area contributed by atoms with Gasteiger partial charge in [-0.15, -0.1) is 0 Å². The van der Waals surface area contributed by atoms with Crippen LogP contribution < -0.4 is 5.73 Å². The number of primary amides is 1. The normalized spacial score (nSPS) is 17.0. The van der Waals surface area contributed by atoms with Crippen molar-refractivity contribution < 1.29 is 9.90 Å². The number of carbonyl (C=O) groups excluding carboxylic acids is 1. The van der Waals surface area contributed by atoms with Crippen LogP contribution in [0, 0.1) is 0 Å². The molecule has 0 saturated heterocycles. The lowest BCUT2D eigenvalue weighted by molar-refractivity contribution is -0.133. The van der Waals surface area contributed by atoms with E-state index in [9.17, 15) is 9.90 Å². The molecule has 1 aliphatic rings. The molecule has 5 heteroatoms. The Labute approximate surface area is 138 Å². The molecule has 1 atom stereocenters. The number of nitrogens with two attached hydrogens (primary N) is 1. The van der Waals surface area contributed by atoms with E-state index in [0.29, 0.717) is 16.1 Å². The average molecular weight is 336 g/mol. The molecule has 1 fully saturated rings. The molecule has 0 heterocycles. The summed E-state index contributed by atoms with van der Waals surface area (Å²) >= 11 is 12.4. The molecule has 3 N–H and O–H groups in total. The predicted molar refractivity (Wildman–Crippen MR) is 87.1 cm³/mol. The highest BCUT2D eigenvalue weighted by molar-refractivity contribution is 6.35. The van der Waals surface area contributed by atoms with E-state index in [-0.39, 0.29) is 10.9 Å². The van der Waals surface area contributed by atoms with Crippen molar-refractivity contribution in [2.75, 3.05) is 0 Å². The number of aliphatic hydroxyl groups is 1. The summed E-state index contributed by atoms with van der Waals surface area (Å²) in [4.78, 5) is 12.1. The summed E-state index contributed by atoms with van der Waals surface area (Å²) in [5.74, 6) is -0.606. The molecule has 3 rings (SSSR count). The quantitative estimate of drug-likeness (QED) is 0.896. The summed E-state index contributed by atoms with van der Waals surface area (Å²) in [6.07, 6.45) is 1.96. The van der Waals surface area contributed by atoms with Gasteiger partial charge in [0.05, 0.1) is 0 Å². The van der Waals surface area contributed by atoms with E-state index < -0.39 is 11.5 Å². The molecule has 0 spiro atoms. The first kappa shape index (κ1) is 15.3. The number of rotatable bonds is 4. The Balaban J connectivity index is 2.29. The van der Waals surface area contributed by atoms with Gasteiger partial charge in [0.1, 0.15) is 0 Å². The maximum Gasteiger partial charge on any atom is 0.258 e. The van der Waals surface area contributed by atoms with Crippen LogP contribution in [0.2, 0.25) is 10.0 Å². The zero-order valence-electron chi connectivity index (χ0n) is 11.7. The Morgan fingerprint density at radius 3 is 2.36 bits per heavy atom. The maximum absolute atomic E-state index is 12.1. The van der Waals surface area contributed by atoms with Crippen molar-refractivity contribution >= 4 is 29.1 Å². The number of amides is 1. The molecule has 0 aromatic heterocycles. The minimum atomic E-state index is -1.97. The van der Waals surface area contributed by atoms with Crippen molar-refractivity contribution in [3.05, 3.63) is 69.2 Å². The van der Waals surface area contributed by atoms with Crippen LogP contribution in [-0.4, -0.2) is 11.0 Å². The Morgan fingerprint density at radius 1 is 1.18 bits per heavy atom. The first-order chi connectivity index (χ1) is 10.4. The SMILES string of the molecule is NC(=O)C(O)(c1ccccc1)c1c(Cl)cc(Cl)cc1C1CC1. The van der Waals surface area contributed by atoms with Crippen molar-refractivity contribution in [2.24, 2.45) is 5.73 Å². The number of carbonyl (C=O) groups is 1. The van der Waals surface area contributed by atoms with Crippen molar-refractivity contribution in [3.63, 3.8) is 0 Å². The molecular formula is C17H15Cl2NO2. The largest absolute Gasteiger partial charge is 0.372 e. The van der Waals surface area contributed by atoms with Gasteiger partial charge in [-0.1, -0.05) is 53.5 Å². The zero-order valence-corrected chi connectivity index (χ0v) is 13.2. The molecule has 1 unspecified atom stereocenters. The highest BCUT2D eigenvalue weighted by Gasteiger charge is 2.44. The van der Waals surface area contributed by atoms with E-state index in [0.717, 1.165) is 18.4 Å². The lowest BCUT2D eigenvalue weighted by Gasteiger charge is -2.29. The van der Waals surface area contributed by atoms with Crippen LogP contribution in [0.4, 0.5) is 0 Å². The molecule has 1 aliphatic carbocycles. The van der Waals surface area contributed by atoms with E-state index in [1.165, 1.54) is 6.07 Å². The summed E-state index contributed by atoms with van der Waals surface area (Å²) < 4.78 is 0. The third-order valence-corrected chi connectivity index (χ3v) is 4.53. The molecule has 0 bridgehead atoms. The van der Waals surface area contributed by atoms with E-state index in [1.54, 1.807) is 36.4 Å². The summed E-state index contributed by atoms with van der Waals surface area (Å²) in [6, 6.07) is 11.9. The van der Waals surface area contributed by atoms with Gasteiger partial charge in [0.25, 0.3) is 5.91 Å². The zero-order chi connectivity index (χ0) is 15.9. The first-order valence-electron chi connectivity index (χ1n) is 7.01. The van der Waals surface area contributed by atoms with Crippen LogP contribution in [0.15, 0.2) is 42.5 Å². The lowest BCUT2D eigenvalue weighted by Crippen LogP contribution is -2.43. The van der Waals surface area contributed by atoms with E-state index >= 15 is 0 Å². The second kappa shape index (κ2) is 5.58. The van der Waals surface area contributed by atoms with Gasteiger partial charge >= 0.3 is 0 Å². The summed E-state index contributed by atoms with van der Waals surface area (Å²) in [7, 11) is 0. The van der Waals surface area contributed by atoms with Gasteiger partial charge in [0.15, 0.2) is 5.60 Å². The summed E-state index contributed by atoms with van der Waals surface area (Å²) in [5, 5.41) is 11.9. The van der Waals surface area contributed by atoms with Crippen LogP contribution in [0.1, 0.15) is 35.4 Å². The van der Waals surface area contributed by atoms with Gasteiger partial charge < -0.3 is 10.8 Å². The van der Waals surface area contributed by atoms with Crippen molar-refractivity contribution in [3.8, 4) is 0 Å². The topological polar surface area (TPSA) is 63.3 Å². The number of hydrogen-bond donors (Lipinski definition) is 2. The van der Waals surface area contributed by atoms with Gasteiger partial charge in [0, 0.05) is 15.6 Å². The van der Waals surface area contributed by atoms with Gasteiger partial charge in [-0.2, -0.15) is 0 Å². The third-order valence-electron chi connectivity index (χ3n) is 4.01. The minimum absolute atomic E-state index is 0.250. The fourth-order valence-electron chi connectivity index (χ4n) is 2.78. The third kappa shape index (κ3) is 2.50. The van der Waals surface area contributed by atoms with Gasteiger partial charge in [-0.25, -0.2) is 0 Å². The molecule has 0 aliphatic heterocycles. The monoisotopic (exact) mass is 335 g/mol. The van der Waals surface area contributed by atoms with E-state index in [2.05, 4.69) is 0 Å². The molecule has 1 saturated carbocycles. The molecule has 2 aromatic carbocycles. The summed E-state index contributed by atoms with van der Waals surface area (Å²) in [5.41, 5.74) is 5.12. The summed E-state index contributed by atoms with van der Waals surface area (Å²) in [6.45, 7) is 0. The van der Waals surface area contributed by atoms with Gasteiger partial charge in [0.2, 0.25) is 0 Å². The Kier molecular flexibility index (Phi) is 3.89. The van der Waals surface area contributed by atoms with Crippen molar-refractivity contribution in [1.29, 1.82) is 0 Å². The molecular weight excluding hydrogens is 321 g/mol. The molecule has 3 nitrogen and oxygen atoms in total. The van der Waals surface area contributed by atoms with E-state index in [1.807, 2.05) is 0 Å². The number of benzene rings is 2. The second-order valence-electron chi connectivity index (χ2n) is 5.57.